The predicted molar refractivity (Wildman–Crippen MR) is 64.5 cm³/mol. The Bertz CT molecular complexity index is 414. The number of rotatable bonds is 4. The first-order valence-corrected chi connectivity index (χ1v) is 5.53. The number of hydrogen-bond donors (Lipinski definition) is 2. The third-order valence-corrected chi connectivity index (χ3v) is 3.25. The Morgan fingerprint density at radius 1 is 1.50 bits per heavy atom. The van der Waals surface area contributed by atoms with Crippen LogP contribution in [0.4, 0.5) is 0 Å². The van der Waals surface area contributed by atoms with Gasteiger partial charge in [-0.2, -0.15) is 0 Å². The van der Waals surface area contributed by atoms with Crippen molar-refractivity contribution in [3.05, 3.63) is 30.1 Å². The van der Waals surface area contributed by atoms with Crippen LogP contribution in [-0.2, 0) is 11.3 Å². The first-order chi connectivity index (χ1) is 7.65. The van der Waals surface area contributed by atoms with Gasteiger partial charge in [0.05, 0.1) is 10.4 Å². The lowest BCUT2D eigenvalue weighted by atomic mass is 10.1. The van der Waals surface area contributed by atoms with Crippen LogP contribution in [-0.4, -0.2) is 15.9 Å². The maximum atomic E-state index is 11.8. The molecule has 84 valence electrons. The molecule has 0 aromatic carbocycles. The maximum absolute atomic E-state index is 11.8. The largest absolute Gasteiger partial charge is 0.392 e. The van der Waals surface area contributed by atoms with Crippen molar-refractivity contribution in [3.8, 4) is 0 Å². The molecule has 1 heterocycles. The van der Waals surface area contributed by atoms with E-state index in [9.17, 15) is 4.79 Å². The lowest BCUT2D eigenvalue weighted by Crippen LogP contribution is -2.39. The minimum Gasteiger partial charge on any atom is -0.392 e. The fourth-order valence-corrected chi connectivity index (χ4v) is 1.86. The van der Waals surface area contributed by atoms with E-state index in [-0.39, 0.29) is 5.91 Å². The Morgan fingerprint density at radius 2 is 2.12 bits per heavy atom. The normalized spacial score (nSPS) is 16.5. The standard InChI is InChI=1S/C11H13N3OS/c12-9(16)11(3-4-11)10(15)14-7-8-1-5-13-6-2-8/h1-2,5-6H,3-4,7H2,(H2,12,16)(H,14,15). The Hall–Kier alpha value is -1.49. The van der Waals surface area contributed by atoms with Crippen LogP contribution < -0.4 is 11.1 Å². The van der Waals surface area contributed by atoms with Crippen molar-refractivity contribution < 1.29 is 4.79 Å². The zero-order valence-electron chi connectivity index (χ0n) is 8.77. The van der Waals surface area contributed by atoms with Crippen molar-refractivity contribution in [2.75, 3.05) is 0 Å². The number of carbonyl (C=O) groups is 1. The highest BCUT2D eigenvalue weighted by Crippen LogP contribution is 2.46. The van der Waals surface area contributed by atoms with Crippen LogP contribution in [0.5, 0.6) is 0 Å². The van der Waals surface area contributed by atoms with E-state index in [1.54, 1.807) is 12.4 Å². The molecule has 0 radical (unpaired) electrons. The number of nitrogens with one attached hydrogen (secondary N) is 1. The first kappa shape index (κ1) is 11.0. The molecule has 1 fully saturated rings. The molecule has 1 aromatic rings. The number of thiocarbonyl (C=S) groups is 1. The summed E-state index contributed by atoms with van der Waals surface area (Å²) in [6.07, 6.45) is 4.93. The topological polar surface area (TPSA) is 68.0 Å². The van der Waals surface area contributed by atoms with Crippen LogP contribution in [0, 0.1) is 5.41 Å². The van der Waals surface area contributed by atoms with Gasteiger partial charge in [0.2, 0.25) is 5.91 Å². The second kappa shape index (κ2) is 4.17. The summed E-state index contributed by atoms with van der Waals surface area (Å²) in [5, 5.41) is 2.85. The minimum atomic E-state index is -0.567. The zero-order valence-corrected chi connectivity index (χ0v) is 9.59. The molecule has 4 nitrogen and oxygen atoms in total. The van der Waals surface area contributed by atoms with Gasteiger partial charge in [-0.1, -0.05) is 12.2 Å². The molecule has 1 saturated carbocycles. The van der Waals surface area contributed by atoms with E-state index < -0.39 is 5.41 Å². The minimum absolute atomic E-state index is 0.0585. The van der Waals surface area contributed by atoms with Gasteiger partial charge >= 0.3 is 0 Å². The highest BCUT2D eigenvalue weighted by molar-refractivity contribution is 7.80. The van der Waals surface area contributed by atoms with Crippen LogP contribution in [0.25, 0.3) is 0 Å². The van der Waals surface area contributed by atoms with Gasteiger partial charge in [-0.3, -0.25) is 9.78 Å². The highest BCUT2D eigenvalue weighted by atomic mass is 32.1. The molecule has 1 aliphatic carbocycles. The molecule has 0 spiro atoms. The smallest absolute Gasteiger partial charge is 0.233 e. The summed E-state index contributed by atoms with van der Waals surface area (Å²) >= 11 is 4.91. The molecule has 1 aromatic heterocycles. The third kappa shape index (κ3) is 2.04. The zero-order chi connectivity index (χ0) is 11.6. The Kier molecular flexibility index (Phi) is 2.87. The van der Waals surface area contributed by atoms with Crippen molar-refractivity contribution in [2.24, 2.45) is 11.1 Å². The van der Waals surface area contributed by atoms with E-state index in [1.807, 2.05) is 12.1 Å². The van der Waals surface area contributed by atoms with Crippen LogP contribution in [0.1, 0.15) is 18.4 Å². The van der Waals surface area contributed by atoms with Gasteiger partial charge in [0.15, 0.2) is 0 Å². The van der Waals surface area contributed by atoms with E-state index in [2.05, 4.69) is 10.3 Å². The SMILES string of the molecule is NC(=S)C1(C(=O)NCc2ccncc2)CC1. The number of carbonyl (C=O) groups excluding carboxylic acids is 1. The van der Waals surface area contributed by atoms with Gasteiger partial charge in [0.25, 0.3) is 0 Å². The quantitative estimate of drug-likeness (QED) is 0.756. The van der Waals surface area contributed by atoms with Crippen molar-refractivity contribution in [1.82, 2.24) is 10.3 Å². The van der Waals surface area contributed by atoms with E-state index in [0.29, 0.717) is 11.5 Å². The summed E-state index contributed by atoms with van der Waals surface area (Å²) in [5.41, 5.74) is 6.01. The van der Waals surface area contributed by atoms with Gasteiger partial charge in [-0.15, -0.1) is 0 Å². The lowest BCUT2D eigenvalue weighted by molar-refractivity contribution is -0.124. The molecular weight excluding hydrogens is 222 g/mol. The molecule has 0 atom stereocenters. The van der Waals surface area contributed by atoms with E-state index in [4.69, 9.17) is 18.0 Å². The maximum Gasteiger partial charge on any atom is 0.233 e. The van der Waals surface area contributed by atoms with Crippen LogP contribution in [0.3, 0.4) is 0 Å². The van der Waals surface area contributed by atoms with Crippen molar-refractivity contribution >= 4 is 23.1 Å². The fraction of sp³-hybridized carbons (Fsp3) is 0.364. The summed E-state index contributed by atoms with van der Waals surface area (Å²) < 4.78 is 0. The molecule has 5 heteroatoms. The highest BCUT2D eigenvalue weighted by Gasteiger charge is 2.52. The molecule has 1 amide bonds. The molecule has 16 heavy (non-hydrogen) atoms. The fourth-order valence-electron chi connectivity index (χ4n) is 1.56. The summed E-state index contributed by atoms with van der Waals surface area (Å²) in [7, 11) is 0. The average Bonchev–Trinajstić information content (AvgIpc) is 3.08. The van der Waals surface area contributed by atoms with Crippen molar-refractivity contribution in [2.45, 2.75) is 19.4 Å². The molecule has 0 unspecified atom stereocenters. The number of amides is 1. The summed E-state index contributed by atoms with van der Waals surface area (Å²) in [6, 6.07) is 3.72. The Balaban J connectivity index is 1.92. The number of nitrogens with zero attached hydrogens (tertiary/aromatic N) is 1. The lowest BCUT2D eigenvalue weighted by Gasteiger charge is -2.13. The molecule has 2 rings (SSSR count). The van der Waals surface area contributed by atoms with Gasteiger partial charge in [-0.05, 0) is 30.5 Å². The van der Waals surface area contributed by atoms with Crippen molar-refractivity contribution in [1.29, 1.82) is 0 Å². The van der Waals surface area contributed by atoms with Crippen molar-refractivity contribution in [3.63, 3.8) is 0 Å². The summed E-state index contributed by atoms with van der Waals surface area (Å²) in [6.45, 7) is 0.492. The Morgan fingerprint density at radius 3 is 2.62 bits per heavy atom. The number of pyridine rings is 1. The Labute approximate surface area is 99.2 Å². The molecular formula is C11H13N3OS. The number of aromatic nitrogens is 1. The molecule has 0 saturated heterocycles. The monoisotopic (exact) mass is 235 g/mol. The van der Waals surface area contributed by atoms with E-state index in [0.717, 1.165) is 18.4 Å². The molecule has 1 aliphatic rings. The van der Waals surface area contributed by atoms with Crippen LogP contribution in [0.15, 0.2) is 24.5 Å². The van der Waals surface area contributed by atoms with Gasteiger partial charge in [-0.25, -0.2) is 0 Å². The summed E-state index contributed by atoms with van der Waals surface area (Å²) in [4.78, 5) is 16.1. The molecule has 0 aliphatic heterocycles. The van der Waals surface area contributed by atoms with Crippen LogP contribution >= 0.6 is 12.2 Å². The summed E-state index contributed by atoms with van der Waals surface area (Å²) in [5.74, 6) is -0.0585. The van der Waals surface area contributed by atoms with E-state index >= 15 is 0 Å². The number of hydrogen-bond acceptors (Lipinski definition) is 3. The van der Waals surface area contributed by atoms with E-state index in [1.165, 1.54) is 0 Å². The first-order valence-electron chi connectivity index (χ1n) is 5.12. The van der Waals surface area contributed by atoms with Gasteiger partial charge in [0, 0.05) is 18.9 Å². The number of nitrogens with two attached hydrogens (primary N) is 1. The van der Waals surface area contributed by atoms with Crippen LogP contribution in [0.2, 0.25) is 0 Å². The average molecular weight is 235 g/mol. The third-order valence-electron chi connectivity index (χ3n) is 2.86. The molecule has 3 N–H and O–H groups in total. The predicted octanol–water partition coefficient (Wildman–Crippen LogP) is 0.764. The van der Waals surface area contributed by atoms with Gasteiger partial charge < -0.3 is 11.1 Å². The van der Waals surface area contributed by atoms with Gasteiger partial charge in [0.1, 0.15) is 0 Å². The second-order valence-corrected chi connectivity index (χ2v) is 4.42. The molecule has 0 bridgehead atoms. The second-order valence-electron chi connectivity index (χ2n) is 3.98.